The molecule has 0 saturated carbocycles. The second kappa shape index (κ2) is 7.19. The predicted octanol–water partition coefficient (Wildman–Crippen LogP) is 3.83. The number of furan rings is 1. The fraction of sp³-hybridized carbons (Fsp3) is 0.167. The molecule has 0 spiro atoms. The van der Waals surface area contributed by atoms with Crippen LogP contribution in [0.5, 0.6) is 0 Å². The number of carboxylic acids is 1. The number of Topliss-reactive ketones (excluding diaryl/α,β-unsaturated/α-hetero) is 1. The van der Waals surface area contributed by atoms with Crippen LogP contribution in [0.2, 0.25) is 4.71 Å². The summed E-state index contributed by atoms with van der Waals surface area (Å²) in [4.78, 5) is 34.7. The normalized spacial score (nSPS) is 13.4. The molecule has 1 atom stereocenters. The Morgan fingerprint density at radius 1 is 1.04 bits per heavy atom. The monoisotopic (exact) mass is 439 g/mol. The van der Waals surface area contributed by atoms with Gasteiger partial charge in [-0.1, -0.05) is 0 Å². The van der Waals surface area contributed by atoms with Crippen LogP contribution in [0.15, 0.2) is 46.9 Å². The quantitative estimate of drug-likeness (QED) is 0.467. The summed E-state index contributed by atoms with van der Waals surface area (Å²) < 4.78 is 39.1. The van der Waals surface area contributed by atoms with Crippen LogP contribution in [0.4, 0.5) is 13.2 Å². The number of carboxylic acid groups (broad SMARTS) is 1. The van der Waals surface area contributed by atoms with Gasteiger partial charge in [-0.3, -0.25) is 0 Å². The molecule has 3 rings (SSSR count). The first-order valence-electron chi connectivity index (χ1n) is 7.66. The molecule has 1 aromatic heterocycles. The molecule has 139 valence electrons. The van der Waals surface area contributed by atoms with Gasteiger partial charge in [-0.2, -0.15) is 0 Å². The fourth-order valence-corrected chi connectivity index (χ4v) is 4.27. The van der Waals surface area contributed by atoms with E-state index in [0.29, 0.717) is 16.6 Å². The zero-order chi connectivity index (χ0) is 19.8. The molecule has 0 aliphatic carbocycles. The number of hydrogen-bond acceptors (Lipinski definition) is 4. The third-order valence-electron chi connectivity index (χ3n) is 3.88. The van der Waals surface area contributed by atoms with Crippen molar-refractivity contribution in [1.29, 1.82) is 0 Å². The van der Waals surface area contributed by atoms with E-state index in [9.17, 15) is 27.6 Å². The average Bonchev–Trinajstić information content (AvgIpc) is 2.97. The van der Waals surface area contributed by atoms with E-state index in [1.807, 2.05) is 0 Å². The number of aliphatic carboxylic acids is 1. The molecule has 9 heteroatoms. The van der Waals surface area contributed by atoms with Gasteiger partial charge in [0, 0.05) is 0 Å². The van der Waals surface area contributed by atoms with Gasteiger partial charge in [-0.05, 0) is 0 Å². The van der Waals surface area contributed by atoms with Gasteiger partial charge < -0.3 is 0 Å². The van der Waals surface area contributed by atoms with Crippen LogP contribution in [-0.2, 0) is 9.59 Å². The minimum atomic E-state index is -5.09. The molecule has 1 unspecified atom stereocenters. The summed E-state index contributed by atoms with van der Waals surface area (Å²) in [7, 11) is 0. The molecule has 1 heterocycles. The second-order valence-corrected chi connectivity index (χ2v) is 8.42. The molecule has 0 aliphatic rings. The van der Waals surface area contributed by atoms with Crippen LogP contribution in [-0.4, -0.2) is 43.4 Å². The van der Waals surface area contributed by atoms with Gasteiger partial charge in [0.1, 0.15) is 0 Å². The van der Waals surface area contributed by atoms with Crippen LogP contribution >= 0.6 is 0 Å². The van der Waals surface area contributed by atoms with Crippen molar-refractivity contribution in [2.75, 3.05) is 0 Å². The molecule has 1 N–H and O–H groups in total. The number of para-hydroxylation sites is 1. The van der Waals surface area contributed by atoms with Gasteiger partial charge in [0.25, 0.3) is 0 Å². The molecule has 0 bridgehead atoms. The standard InChI is InChI=1S/C18H11AsF3O5/c20-18(21,22)17(26)19-12(16(24)25)8-13(23)9-5-6-15-11(7-9)10-3-1-2-4-14(10)27-15/h1-7,12H,8H2,(H,24,25). The Morgan fingerprint density at radius 2 is 1.70 bits per heavy atom. The number of fused-ring (bicyclic) bond motifs is 3. The third kappa shape index (κ3) is 4.06. The molecule has 27 heavy (non-hydrogen) atoms. The first-order valence-corrected chi connectivity index (χ1v) is 9.68. The van der Waals surface area contributed by atoms with Gasteiger partial charge in [-0.25, -0.2) is 0 Å². The van der Waals surface area contributed by atoms with E-state index >= 15 is 0 Å². The molecule has 0 fully saturated rings. The number of halogens is 3. The first kappa shape index (κ1) is 19.2. The Bertz CT molecular complexity index is 1050. The number of alkyl halides is 3. The minimum absolute atomic E-state index is 0.154. The van der Waals surface area contributed by atoms with Crippen molar-refractivity contribution in [3.8, 4) is 0 Å². The number of hydrogen-bond donors (Lipinski definition) is 1. The average molecular weight is 439 g/mol. The maximum atomic E-state index is 12.4. The summed E-state index contributed by atoms with van der Waals surface area (Å²) in [5.74, 6) is -2.23. The molecule has 2 aromatic carbocycles. The summed E-state index contributed by atoms with van der Waals surface area (Å²) in [6.07, 6.45) is -5.76. The summed E-state index contributed by atoms with van der Waals surface area (Å²) in [6, 6.07) is 11.6. The molecule has 1 radical (unpaired) electrons. The molecule has 0 saturated heterocycles. The topological polar surface area (TPSA) is 84.6 Å². The zero-order valence-corrected chi connectivity index (χ0v) is 15.4. The summed E-state index contributed by atoms with van der Waals surface area (Å²) in [5, 5.41) is 10.5. The van der Waals surface area contributed by atoms with Gasteiger partial charge >= 0.3 is 156 Å². The van der Waals surface area contributed by atoms with E-state index in [2.05, 4.69) is 0 Å². The van der Waals surface area contributed by atoms with Crippen LogP contribution in [0.1, 0.15) is 16.8 Å². The van der Waals surface area contributed by atoms with Crippen LogP contribution in [0.25, 0.3) is 21.9 Å². The zero-order valence-electron chi connectivity index (χ0n) is 13.5. The first-order chi connectivity index (χ1) is 12.7. The molecule has 0 amide bonds. The Morgan fingerprint density at radius 3 is 2.37 bits per heavy atom. The molecule has 0 aliphatic heterocycles. The Labute approximate surface area is 156 Å². The van der Waals surface area contributed by atoms with E-state index in [1.54, 1.807) is 30.3 Å². The van der Waals surface area contributed by atoms with E-state index in [-0.39, 0.29) is 5.56 Å². The van der Waals surface area contributed by atoms with Gasteiger partial charge in [-0.15, -0.1) is 0 Å². The number of ketones is 1. The van der Waals surface area contributed by atoms with E-state index in [0.717, 1.165) is 5.39 Å². The van der Waals surface area contributed by atoms with Gasteiger partial charge in [0.05, 0.1) is 0 Å². The van der Waals surface area contributed by atoms with Crippen molar-refractivity contribution >= 4 is 54.0 Å². The van der Waals surface area contributed by atoms with Crippen LogP contribution in [0, 0.1) is 0 Å². The Hall–Kier alpha value is -2.60. The molecule has 3 aromatic rings. The summed E-state index contributed by atoms with van der Waals surface area (Å²) in [5.41, 5.74) is 1.29. The van der Waals surface area contributed by atoms with Crippen molar-refractivity contribution in [3.05, 3.63) is 48.0 Å². The Balaban J connectivity index is 1.86. The molecule has 5 nitrogen and oxygen atoms in total. The number of carbonyl (C=O) groups is 3. The maximum absolute atomic E-state index is 12.4. The van der Waals surface area contributed by atoms with Gasteiger partial charge in [0.2, 0.25) is 0 Å². The number of carbonyl (C=O) groups excluding carboxylic acids is 2. The third-order valence-corrected chi connectivity index (χ3v) is 6.40. The number of rotatable bonds is 6. The number of benzene rings is 2. The Kier molecular flexibility index (Phi) is 5.11. The van der Waals surface area contributed by atoms with E-state index < -0.39 is 49.4 Å². The van der Waals surface area contributed by atoms with E-state index in [1.165, 1.54) is 12.1 Å². The molecular formula is C18H11AsF3O5. The SMILES string of the molecule is O=C(CC([As]C(=O)C(F)(F)F)C(=O)O)c1ccc2oc3ccccc3c2c1. The second-order valence-electron chi connectivity index (χ2n) is 5.72. The van der Waals surface area contributed by atoms with Gasteiger partial charge in [0.15, 0.2) is 0 Å². The van der Waals surface area contributed by atoms with E-state index in [4.69, 9.17) is 9.52 Å². The fourth-order valence-electron chi connectivity index (χ4n) is 2.60. The summed E-state index contributed by atoms with van der Waals surface area (Å²) >= 11 is -2.25. The van der Waals surface area contributed by atoms with Crippen molar-refractivity contribution in [2.24, 2.45) is 0 Å². The predicted molar refractivity (Wildman–Crippen MR) is 90.9 cm³/mol. The molecular weight excluding hydrogens is 428 g/mol. The van der Waals surface area contributed by atoms with Crippen molar-refractivity contribution in [2.45, 2.75) is 17.3 Å². The summed E-state index contributed by atoms with van der Waals surface area (Å²) in [6.45, 7) is 0. The van der Waals surface area contributed by atoms with Crippen molar-refractivity contribution in [3.63, 3.8) is 0 Å². The van der Waals surface area contributed by atoms with Crippen molar-refractivity contribution < 1.29 is 37.1 Å². The van der Waals surface area contributed by atoms with Crippen molar-refractivity contribution in [1.82, 2.24) is 0 Å². The van der Waals surface area contributed by atoms with Crippen LogP contribution < -0.4 is 0 Å². The van der Waals surface area contributed by atoms with Crippen LogP contribution in [0.3, 0.4) is 0 Å².